The van der Waals surface area contributed by atoms with Gasteiger partial charge < -0.3 is 4.57 Å². The van der Waals surface area contributed by atoms with Crippen molar-refractivity contribution in [2.45, 2.75) is 13.1 Å². The van der Waals surface area contributed by atoms with Crippen LogP contribution in [0.4, 0.5) is 4.39 Å². The van der Waals surface area contributed by atoms with E-state index in [1.54, 1.807) is 18.5 Å². The number of nitrogens with zero attached hydrogens (tertiary/aromatic N) is 4. The Bertz CT molecular complexity index is 610. The first-order chi connectivity index (χ1) is 9.24. The molecule has 0 bridgehead atoms. The fourth-order valence-electron chi connectivity index (χ4n) is 2.23. The van der Waals surface area contributed by atoms with E-state index in [0.717, 1.165) is 18.9 Å². The minimum Gasteiger partial charge on any atom is -0.315 e. The first kappa shape index (κ1) is 12.0. The molecule has 0 saturated heterocycles. The molecule has 0 spiro atoms. The SMILES string of the molecule is O=C(CN1CCn2cnnc2C1)c1ccccc1F. The van der Waals surface area contributed by atoms with Crippen LogP contribution in [0, 0.1) is 5.82 Å². The maximum atomic E-state index is 13.5. The van der Waals surface area contributed by atoms with E-state index in [2.05, 4.69) is 10.2 Å². The summed E-state index contributed by atoms with van der Waals surface area (Å²) in [6.07, 6.45) is 1.69. The zero-order valence-electron chi connectivity index (χ0n) is 10.3. The van der Waals surface area contributed by atoms with Crippen molar-refractivity contribution in [1.29, 1.82) is 0 Å². The molecule has 0 saturated carbocycles. The number of carbonyl (C=O) groups excluding carboxylic acids is 1. The van der Waals surface area contributed by atoms with Gasteiger partial charge in [-0.1, -0.05) is 12.1 Å². The van der Waals surface area contributed by atoms with Gasteiger partial charge in [-0.3, -0.25) is 9.69 Å². The van der Waals surface area contributed by atoms with Crippen molar-refractivity contribution in [2.75, 3.05) is 13.1 Å². The van der Waals surface area contributed by atoms with Gasteiger partial charge >= 0.3 is 0 Å². The fraction of sp³-hybridized carbons (Fsp3) is 0.308. The van der Waals surface area contributed by atoms with E-state index >= 15 is 0 Å². The molecule has 0 unspecified atom stereocenters. The maximum absolute atomic E-state index is 13.5. The number of hydrogen-bond acceptors (Lipinski definition) is 4. The Balaban J connectivity index is 1.70. The molecule has 0 radical (unpaired) electrons. The molecule has 1 aliphatic heterocycles. The Morgan fingerprint density at radius 3 is 3.00 bits per heavy atom. The zero-order valence-corrected chi connectivity index (χ0v) is 10.3. The van der Waals surface area contributed by atoms with Crippen molar-refractivity contribution in [3.63, 3.8) is 0 Å². The highest BCUT2D eigenvalue weighted by molar-refractivity contribution is 5.97. The monoisotopic (exact) mass is 260 g/mol. The minimum atomic E-state index is -0.465. The van der Waals surface area contributed by atoms with Crippen LogP contribution in [-0.2, 0) is 13.1 Å². The molecule has 0 fully saturated rings. The number of fused-ring (bicyclic) bond motifs is 1. The molecular formula is C13H13FN4O. The van der Waals surface area contributed by atoms with Gasteiger partial charge in [-0.15, -0.1) is 10.2 Å². The first-order valence-electron chi connectivity index (χ1n) is 6.11. The summed E-state index contributed by atoms with van der Waals surface area (Å²) in [6.45, 7) is 2.27. The van der Waals surface area contributed by atoms with Crippen molar-refractivity contribution in [3.05, 3.63) is 47.8 Å². The van der Waals surface area contributed by atoms with Gasteiger partial charge in [0, 0.05) is 13.1 Å². The van der Waals surface area contributed by atoms with Crippen LogP contribution in [0.15, 0.2) is 30.6 Å². The van der Waals surface area contributed by atoms with Gasteiger partial charge in [-0.25, -0.2) is 4.39 Å². The molecule has 5 nitrogen and oxygen atoms in total. The molecule has 3 rings (SSSR count). The summed E-state index contributed by atoms with van der Waals surface area (Å²) in [4.78, 5) is 14.0. The smallest absolute Gasteiger partial charge is 0.179 e. The predicted octanol–water partition coefficient (Wildman–Crippen LogP) is 1.12. The number of benzene rings is 1. The molecular weight excluding hydrogens is 247 g/mol. The van der Waals surface area contributed by atoms with Crippen molar-refractivity contribution in [3.8, 4) is 0 Å². The third kappa shape index (κ3) is 2.39. The van der Waals surface area contributed by atoms with E-state index in [1.165, 1.54) is 12.1 Å². The van der Waals surface area contributed by atoms with Crippen molar-refractivity contribution in [2.24, 2.45) is 0 Å². The molecule has 6 heteroatoms. The van der Waals surface area contributed by atoms with E-state index in [0.29, 0.717) is 6.54 Å². The molecule has 0 N–H and O–H groups in total. The van der Waals surface area contributed by atoms with Crippen LogP contribution in [0.5, 0.6) is 0 Å². The number of aromatic nitrogens is 3. The van der Waals surface area contributed by atoms with Crippen molar-refractivity contribution < 1.29 is 9.18 Å². The minimum absolute atomic E-state index is 0.148. The van der Waals surface area contributed by atoms with Gasteiger partial charge in [0.25, 0.3) is 0 Å². The Morgan fingerprint density at radius 2 is 2.16 bits per heavy atom. The zero-order chi connectivity index (χ0) is 13.2. The Kier molecular flexibility index (Phi) is 3.08. The van der Waals surface area contributed by atoms with Crippen LogP contribution in [0.3, 0.4) is 0 Å². The fourth-order valence-corrected chi connectivity index (χ4v) is 2.23. The van der Waals surface area contributed by atoms with Gasteiger partial charge in [0.05, 0.1) is 18.7 Å². The predicted molar refractivity (Wildman–Crippen MR) is 66.0 cm³/mol. The van der Waals surface area contributed by atoms with Crippen LogP contribution in [-0.4, -0.2) is 38.5 Å². The van der Waals surface area contributed by atoms with Crippen LogP contribution in [0.25, 0.3) is 0 Å². The standard InChI is InChI=1S/C13H13FN4O/c14-11-4-2-1-3-10(11)12(19)7-17-5-6-18-9-15-16-13(18)8-17/h1-4,9H,5-8H2. The highest BCUT2D eigenvalue weighted by atomic mass is 19.1. The lowest BCUT2D eigenvalue weighted by atomic mass is 10.1. The average Bonchev–Trinajstić information content (AvgIpc) is 2.86. The third-order valence-corrected chi connectivity index (χ3v) is 3.26. The number of ketones is 1. The second kappa shape index (κ2) is 4.89. The third-order valence-electron chi connectivity index (χ3n) is 3.26. The summed E-state index contributed by atoms with van der Waals surface area (Å²) >= 11 is 0. The lowest BCUT2D eigenvalue weighted by molar-refractivity contribution is 0.0904. The topological polar surface area (TPSA) is 51.0 Å². The van der Waals surface area contributed by atoms with E-state index < -0.39 is 5.82 Å². The van der Waals surface area contributed by atoms with Gasteiger partial charge in [-0.05, 0) is 12.1 Å². The Labute approximate surface area is 109 Å². The van der Waals surface area contributed by atoms with Crippen LogP contribution in [0.1, 0.15) is 16.2 Å². The van der Waals surface area contributed by atoms with Crippen LogP contribution in [0.2, 0.25) is 0 Å². The quantitative estimate of drug-likeness (QED) is 0.776. The number of halogens is 1. The van der Waals surface area contributed by atoms with Gasteiger partial charge in [0.15, 0.2) is 5.78 Å². The maximum Gasteiger partial charge on any atom is 0.179 e. The highest BCUT2D eigenvalue weighted by Crippen LogP contribution is 2.12. The largest absolute Gasteiger partial charge is 0.315 e. The van der Waals surface area contributed by atoms with Crippen LogP contribution < -0.4 is 0 Å². The van der Waals surface area contributed by atoms with E-state index in [-0.39, 0.29) is 17.9 Å². The molecule has 1 aromatic heterocycles. The second-order valence-corrected chi connectivity index (χ2v) is 4.55. The van der Waals surface area contributed by atoms with E-state index in [1.807, 2.05) is 9.47 Å². The number of Topliss-reactive ketones (excluding diaryl/α,β-unsaturated/α-hetero) is 1. The highest BCUT2D eigenvalue weighted by Gasteiger charge is 2.21. The molecule has 2 aromatic rings. The van der Waals surface area contributed by atoms with Crippen LogP contribution >= 0.6 is 0 Å². The lowest BCUT2D eigenvalue weighted by Crippen LogP contribution is -2.37. The van der Waals surface area contributed by atoms with E-state index in [4.69, 9.17) is 0 Å². The number of carbonyl (C=O) groups is 1. The van der Waals surface area contributed by atoms with Gasteiger partial charge in [0.2, 0.25) is 0 Å². The normalized spacial score (nSPS) is 15.2. The van der Waals surface area contributed by atoms with Crippen molar-refractivity contribution in [1.82, 2.24) is 19.7 Å². The van der Waals surface area contributed by atoms with Crippen molar-refractivity contribution >= 4 is 5.78 Å². The summed E-state index contributed by atoms with van der Waals surface area (Å²) in [5.41, 5.74) is 0.148. The van der Waals surface area contributed by atoms with E-state index in [9.17, 15) is 9.18 Å². The summed E-state index contributed by atoms with van der Waals surface area (Å²) in [5, 5.41) is 7.82. The average molecular weight is 260 g/mol. The summed E-state index contributed by atoms with van der Waals surface area (Å²) in [6, 6.07) is 6.07. The molecule has 2 heterocycles. The summed E-state index contributed by atoms with van der Waals surface area (Å²) < 4.78 is 15.5. The molecule has 1 aromatic carbocycles. The summed E-state index contributed by atoms with van der Waals surface area (Å²) in [5.74, 6) is 0.173. The van der Waals surface area contributed by atoms with Gasteiger partial charge in [0.1, 0.15) is 18.0 Å². The first-order valence-corrected chi connectivity index (χ1v) is 6.11. The molecule has 19 heavy (non-hydrogen) atoms. The molecule has 0 atom stereocenters. The Morgan fingerprint density at radius 1 is 1.32 bits per heavy atom. The number of rotatable bonds is 3. The lowest BCUT2D eigenvalue weighted by Gasteiger charge is -2.26. The molecule has 98 valence electrons. The number of hydrogen-bond donors (Lipinski definition) is 0. The second-order valence-electron chi connectivity index (χ2n) is 4.55. The Hall–Kier alpha value is -2.08. The molecule has 0 amide bonds. The summed E-state index contributed by atoms with van der Waals surface area (Å²) in [7, 11) is 0. The molecule has 1 aliphatic rings. The van der Waals surface area contributed by atoms with Gasteiger partial charge in [-0.2, -0.15) is 0 Å². The molecule has 0 aliphatic carbocycles.